The monoisotopic (exact) mass is 111 g/mol. The Morgan fingerprint density at radius 1 is 1.62 bits per heavy atom. The zero-order valence-corrected chi connectivity index (χ0v) is 4.67. The lowest BCUT2D eigenvalue weighted by Crippen LogP contribution is -2.27. The summed E-state index contributed by atoms with van der Waals surface area (Å²) in [6, 6.07) is 2.14. The van der Waals surface area contributed by atoms with E-state index in [0.29, 0.717) is 5.92 Å². The van der Waals surface area contributed by atoms with Crippen molar-refractivity contribution in [3.05, 3.63) is 0 Å². The fraction of sp³-hybridized carbons (Fsp3) is 0.833. The summed E-state index contributed by atoms with van der Waals surface area (Å²) in [6.45, 7) is 0.193. The van der Waals surface area contributed by atoms with Crippen LogP contribution in [0, 0.1) is 23.2 Å². The lowest BCUT2D eigenvalue weighted by atomic mass is 9.75. The standard InChI is InChI=1S/C6H9NO/c7-3-5-1-2-6(5)4-8/h5-6,8H,1-2,4H2. The minimum atomic E-state index is 0.153. The van der Waals surface area contributed by atoms with Gasteiger partial charge >= 0.3 is 0 Å². The predicted octanol–water partition coefficient (Wildman–Crippen LogP) is 0.528. The van der Waals surface area contributed by atoms with Crippen molar-refractivity contribution in [2.75, 3.05) is 6.61 Å². The van der Waals surface area contributed by atoms with E-state index in [2.05, 4.69) is 6.07 Å². The lowest BCUT2D eigenvalue weighted by Gasteiger charge is -2.28. The Balaban J connectivity index is 2.29. The molecule has 1 fully saturated rings. The highest BCUT2D eigenvalue weighted by molar-refractivity contribution is 4.94. The van der Waals surface area contributed by atoms with Crippen LogP contribution in [0.2, 0.25) is 0 Å². The molecule has 0 aliphatic heterocycles. The third kappa shape index (κ3) is 0.696. The van der Waals surface area contributed by atoms with Crippen molar-refractivity contribution in [1.82, 2.24) is 0 Å². The molecule has 8 heavy (non-hydrogen) atoms. The molecule has 2 heteroatoms. The van der Waals surface area contributed by atoms with Crippen LogP contribution in [0.15, 0.2) is 0 Å². The van der Waals surface area contributed by atoms with Gasteiger partial charge in [0.1, 0.15) is 0 Å². The maximum Gasteiger partial charge on any atom is 0.0659 e. The van der Waals surface area contributed by atoms with Crippen molar-refractivity contribution < 1.29 is 5.11 Å². The molecule has 0 radical (unpaired) electrons. The SMILES string of the molecule is N#CC1CCC1CO. The summed E-state index contributed by atoms with van der Waals surface area (Å²) in [5.74, 6) is 0.444. The van der Waals surface area contributed by atoms with Crippen LogP contribution in [0.5, 0.6) is 0 Å². The molecule has 1 rings (SSSR count). The van der Waals surface area contributed by atoms with Gasteiger partial charge in [-0.15, -0.1) is 0 Å². The molecule has 0 saturated heterocycles. The summed E-state index contributed by atoms with van der Waals surface area (Å²) in [6.07, 6.45) is 2.02. The van der Waals surface area contributed by atoms with Crippen LogP contribution in [0.3, 0.4) is 0 Å². The number of aliphatic hydroxyl groups excluding tert-OH is 1. The van der Waals surface area contributed by atoms with Crippen LogP contribution in [0.4, 0.5) is 0 Å². The summed E-state index contributed by atoms with van der Waals surface area (Å²) in [5.41, 5.74) is 0. The van der Waals surface area contributed by atoms with Crippen LogP contribution in [-0.2, 0) is 0 Å². The average Bonchev–Trinajstić information content (AvgIpc) is 1.66. The molecule has 2 atom stereocenters. The maximum absolute atomic E-state index is 8.54. The lowest BCUT2D eigenvalue weighted by molar-refractivity contribution is 0.123. The van der Waals surface area contributed by atoms with Gasteiger partial charge < -0.3 is 5.11 Å². The number of nitriles is 1. The Kier molecular flexibility index (Phi) is 1.50. The summed E-state index contributed by atoms with van der Waals surface area (Å²) in [5, 5.41) is 16.9. The molecule has 44 valence electrons. The van der Waals surface area contributed by atoms with Gasteiger partial charge in [0.05, 0.1) is 12.0 Å². The summed E-state index contributed by atoms with van der Waals surface area (Å²) < 4.78 is 0. The van der Waals surface area contributed by atoms with E-state index in [1.54, 1.807) is 0 Å². The van der Waals surface area contributed by atoms with Crippen LogP contribution >= 0.6 is 0 Å². The molecule has 0 heterocycles. The van der Waals surface area contributed by atoms with E-state index in [1.165, 1.54) is 0 Å². The van der Waals surface area contributed by atoms with Crippen molar-refractivity contribution >= 4 is 0 Å². The van der Waals surface area contributed by atoms with E-state index in [0.717, 1.165) is 12.8 Å². The third-order valence-electron chi connectivity index (χ3n) is 1.82. The van der Waals surface area contributed by atoms with E-state index in [1.807, 2.05) is 0 Å². The topological polar surface area (TPSA) is 44.0 Å². The van der Waals surface area contributed by atoms with Gasteiger partial charge in [0.25, 0.3) is 0 Å². The summed E-state index contributed by atoms with van der Waals surface area (Å²) in [4.78, 5) is 0. The van der Waals surface area contributed by atoms with Crippen molar-refractivity contribution in [3.8, 4) is 6.07 Å². The van der Waals surface area contributed by atoms with Crippen LogP contribution < -0.4 is 0 Å². The molecule has 0 aromatic carbocycles. The van der Waals surface area contributed by atoms with Gasteiger partial charge in [0.15, 0.2) is 0 Å². The number of hydrogen-bond acceptors (Lipinski definition) is 2. The van der Waals surface area contributed by atoms with Gasteiger partial charge in [-0.1, -0.05) is 0 Å². The van der Waals surface area contributed by atoms with Gasteiger partial charge in [-0.3, -0.25) is 0 Å². The molecule has 1 aliphatic rings. The quantitative estimate of drug-likeness (QED) is 0.536. The van der Waals surface area contributed by atoms with Gasteiger partial charge in [-0.2, -0.15) is 5.26 Å². The van der Waals surface area contributed by atoms with Gasteiger partial charge in [0, 0.05) is 6.61 Å². The normalized spacial score (nSPS) is 35.5. The Bertz CT molecular complexity index is 114. The van der Waals surface area contributed by atoms with Crippen LogP contribution in [-0.4, -0.2) is 11.7 Å². The molecule has 0 aromatic heterocycles. The molecule has 0 aromatic rings. The third-order valence-corrected chi connectivity index (χ3v) is 1.82. The smallest absolute Gasteiger partial charge is 0.0659 e. The van der Waals surface area contributed by atoms with Crippen molar-refractivity contribution in [2.45, 2.75) is 12.8 Å². The van der Waals surface area contributed by atoms with Crippen LogP contribution in [0.25, 0.3) is 0 Å². The minimum Gasteiger partial charge on any atom is -0.396 e. The number of nitrogens with zero attached hydrogens (tertiary/aromatic N) is 1. The maximum atomic E-state index is 8.54. The zero-order valence-electron chi connectivity index (χ0n) is 4.67. The number of hydrogen-bond donors (Lipinski definition) is 1. The molecule has 2 unspecified atom stereocenters. The highest BCUT2D eigenvalue weighted by Crippen LogP contribution is 2.32. The molecule has 1 aliphatic carbocycles. The minimum absolute atomic E-state index is 0.153. The van der Waals surface area contributed by atoms with E-state index in [-0.39, 0.29) is 12.5 Å². The fourth-order valence-electron chi connectivity index (χ4n) is 0.958. The number of rotatable bonds is 1. The van der Waals surface area contributed by atoms with Crippen molar-refractivity contribution in [3.63, 3.8) is 0 Å². The van der Waals surface area contributed by atoms with Gasteiger partial charge in [-0.25, -0.2) is 0 Å². The van der Waals surface area contributed by atoms with E-state index >= 15 is 0 Å². The molecule has 0 bridgehead atoms. The van der Waals surface area contributed by atoms with E-state index < -0.39 is 0 Å². The number of aliphatic hydroxyl groups is 1. The highest BCUT2D eigenvalue weighted by atomic mass is 16.3. The first-order valence-electron chi connectivity index (χ1n) is 2.89. The van der Waals surface area contributed by atoms with Gasteiger partial charge in [0.2, 0.25) is 0 Å². The van der Waals surface area contributed by atoms with Gasteiger partial charge in [-0.05, 0) is 18.8 Å². The average molecular weight is 111 g/mol. The van der Waals surface area contributed by atoms with Crippen molar-refractivity contribution in [2.24, 2.45) is 11.8 Å². The molecule has 2 nitrogen and oxygen atoms in total. The Hall–Kier alpha value is -0.550. The first kappa shape index (κ1) is 5.58. The molecular weight excluding hydrogens is 102 g/mol. The van der Waals surface area contributed by atoms with E-state index in [9.17, 15) is 0 Å². The highest BCUT2D eigenvalue weighted by Gasteiger charge is 2.29. The van der Waals surface area contributed by atoms with E-state index in [4.69, 9.17) is 10.4 Å². The molecule has 1 N–H and O–H groups in total. The summed E-state index contributed by atoms with van der Waals surface area (Å²) >= 11 is 0. The second-order valence-electron chi connectivity index (χ2n) is 2.26. The fourth-order valence-corrected chi connectivity index (χ4v) is 0.958. The van der Waals surface area contributed by atoms with Crippen molar-refractivity contribution in [1.29, 1.82) is 5.26 Å². The Morgan fingerprint density at radius 2 is 2.38 bits per heavy atom. The summed E-state index contributed by atoms with van der Waals surface area (Å²) in [7, 11) is 0. The Morgan fingerprint density at radius 3 is 2.50 bits per heavy atom. The second-order valence-corrected chi connectivity index (χ2v) is 2.26. The first-order valence-corrected chi connectivity index (χ1v) is 2.89. The molecule has 0 spiro atoms. The second kappa shape index (κ2) is 2.15. The molecule has 1 saturated carbocycles. The first-order chi connectivity index (χ1) is 3.88. The van der Waals surface area contributed by atoms with Crippen LogP contribution in [0.1, 0.15) is 12.8 Å². The Labute approximate surface area is 48.7 Å². The molecule has 0 amide bonds. The molecular formula is C6H9NO. The zero-order chi connectivity index (χ0) is 5.98. The largest absolute Gasteiger partial charge is 0.396 e. The predicted molar refractivity (Wildman–Crippen MR) is 28.9 cm³/mol.